The molecule has 5 N–H and O–H groups in total. The number of hydrogen-bond donors (Lipinski definition) is 5. The number of anilines is 6. The second-order valence-electron chi connectivity index (χ2n) is 19.6. The molecule has 0 aliphatic rings. The highest BCUT2D eigenvalue weighted by molar-refractivity contribution is 7.99. The lowest BCUT2D eigenvalue weighted by Crippen LogP contribution is -2.19. The van der Waals surface area contributed by atoms with E-state index in [0.29, 0.717) is 52.7 Å². The van der Waals surface area contributed by atoms with Gasteiger partial charge in [0.25, 0.3) is 0 Å². The quantitative estimate of drug-likeness (QED) is 0.0459. The zero-order valence-electron chi connectivity index (χ0n) is 45.1. The van der Waals surface area contributed by atoms with Crippen molar-refractivity contribution in [3.8, 4) is 16.9 Å². The van der Waals surface area contributed by atoms with Gasteiger partial charge < -0.3 is 35.8 Å². The van der Waals surface area contributed by atoms with Gasteiger partial charge in [-0.05, 0) is 130 Å². The first-order chi connectivity index (χ1) is 40.0. The number of benzene rings is 9. The van der Waals surface area contributed by atoms with E-state index in [0.717, 1.165) is 82.4 Å². The van der Waals surface area contributed by atoms with E-state index in [1.54, 1.807) is 25.3 Å². The van der Waals surface area contributed by atoms with Gasteiger partial charge in [-0.15, -0.1) is 0 Å². The van der Waals surface area contributed by atoms with Crippen molar-refractivity contribution in [3.05, 3.63) is 246 Å². The van der Waals surface area contributed by atoms with Gasteiger partial charge in [-0.1, -0.05) is 159 Å². The van der Waals surface area contributed by atoms with Gasteiger partial charge in [-0.3, -0.25) is 0 Å². The molecule has 2 heterocycles. The Morgan fingerprint density at radius 2 is 1.10 bits per heavy atom. The molecule has 15 heteroatoms. The first-order valence-corrected chi connectivity index (χ1v) is 28.3. The van der Waals surface area contributed by atoms with Crippen molar-refractivity contribution < 1.29 is 24.5 Å². The Bertz CT molecular complexity index is 4130. The third kappa shape index (κ3) is 12.4. The van der Waals surface area contributed by atoms with Crippen LogP contribution in [0.1, 0.15) is 62.7 Å². The summed E-state index contributed by atoms with van der Waals surface area (Å²) in [5.74, 6) is 1.14. The Hall–Kier alpha value is -9.70. The van der Waals surface area contributed by atoms with Crippen LogP contribution in [0.2, 0.25) is 0 Å². The number of carboxylic acids is 2. The minimum atomic E-state index is -1.03. The highest BCUT2D eigenvalue weighted by atomic mass is 32.2. The van der Waals surface area contributed by atoms with E-state index in [2.05, 4.69) is 52.9 Å². The topological polar surface area (TPSA) is 175 Å². The van der Waals surface area contributed by atoms with E-state index in [-0.39, 0.29) is 17.0 Å². The Kier molecular flexibility index (Phi) is 16.4. The second-order valence-corrected chi connectivity index (χ2v) is 21.8. The van der Waals surface area contributed by atoms with Gasteiger partial charge in [0.15, 0.2) is 0 Å². The molecule has 0 aliphatic carbocycles. The fourth-order valence-electron chi connectivity index (χ4n) is 9.67. The van der Waals surface area contributed by atoms with Gasteiger partial charge in [0.05, 0.1) is 29.3 Å². The van der Waals surface area contributed by atoms with E-state index >= 15 is 0 Å². The molecule has 0 spiro atoms. The summed E-state index contributed by atoms with van der Waals surface area (Å²) in [5.41, 5.74) is 9.51. The van der Waals surface area contributed by atoms with Crippen LogP contribution in [0.3, 0.4) is 0 Å². The number of nitrogens with zero attached hydrogens (tertiary/aromatic N) is 5. The van der Waals surface area contributed by atoms with Crippen molar-refractivity contribution in [2.45, 2.75) is 59.0 Å². The lowest BCUT2D eigenvalue weighted by Gasteiger charge is -2.26. The minimum absolute atomic E-state index is 0.176. The molecule has 2 aromatic heterocycles. The highest BCUT2D eigenvalue weighted by Gasteiger charge is 2.21. The Morgan fingerprint density at radius 3 is 1.79 bits per heavy atom. The Morgan fingerprint density at radius 1 is 0.537 bits per heavy atom. The number of aromatic carboxylic acids is 2. The maximum atomic E-state index is 13.0. The number of nitrogens with one attached hydrogen (secondary N) is 3. The summed E-state index contributed by atoms with van der Waals surface area (Å²) in [6.45, 7) is 5.59. The first-order valence-electron chi connectivity index (χ1n) is 26.6. The maximum absolute atomic E-state index is 13.0. The normalized spacial score (nSPS) is 11.2. The third-order valence-corrected chi connectivity index (χ3v) is 16.2. The number of ether oxygens (including phenoxy) is 1. The molecular weight excluding hydrogens is 1060 g/mol. The second kappa shape index (κ2) is 24.8. The van der Waals surface area contributed by atoms with Crippen LogP contribution >= 0.6 is 23.5 Å². The number of rotatable bonds is 21. The molecule has 11 rings (SSSR count). The van der Waals surface area contributed by atoms with Crippen LogP contribution in [-0.2, 0) is 19.6 Å². The van der Waals surface area contributed by atoms with Crippen LogP contribution in [0.5, 0.6) is 5.75 Å². The van der Waals surface area contributed by atoms with Crippen LogP contribution < -0.4 is 25.6 Å². The van der Waals surface area contributed by atoms with Crippen molar-refractivity contribution >= 4 is 92.2 Å². The van der Waals surface area contributed by atoms with Gasteiger partial charge in [0, 0.05) is 61.4 Å². The fraction of sp³-hybridized carbons (Fsp3) is 0.104. The number of hydrogen-bond acceptors (Lipinski definition) is 13. The highest BCUT2D eigenvalue weighted by Crippen LogP contribution is 2.40. The predicted octanol–water partition coefficient (Wildman–Crippen LogP) is 16.4. The average Bonchev–Trinajstić information content (AvgIpc) is 3.70. The molecule has 0 unspecified atom stereocenters. The molecule has 0 fully saturated rings. The summed E-state index contributed by atoms with van der Waals surface area (Å²) in [6.07, 6.45) is 0. The molecule has 82 heavy (non-hydrogen) atoms. The van der Waals surface area contributed by atoms with E-state index in [9.17, 15) is 19.8 Å². The fourth-order valence-corrected chi connectivity index (χ4v) is 11.8. The Labute approximate surface area is 483 Å². The maximum Gasteiger partial charge on any atom is 0.336 e. The van der Waals surface area contributed by atoms with E-state index in [4.69, 9.17) is 24.7 Å². The molecule has 0 amide bonds. The van der Waals surface area contributed by atoms with Crippen molar-refractivity contribution in [3.63, 3.8) is 0 Å². The SMILES string of the molecule is COc1ccc(N(Cc2ccccc2)c2nc(NCc3ccccc3Sc3cc(-c4ccc5nc(NCc6ccccc6Sc6ccccc6C(=O)O)nc(Nc6ccccc6C(C)C)c5c4)ccc3C(=O)O)nc3ccccc23)cc1. The summed E-state index contributed by atoms with van der Waals surface area (Å²) in [6, 6.07) is 68.6. The van der Waals surface area contributed by atoms with Crippen LogP contribution in [-0.4, -0.2) is 49.2 Å². The summed E-state index contributed by atoms with van der Waals surface area (Å²) >= 11 is 2.80. The summed E-state index contributed by atoms with van der Waals surface area (Å²) in [4.78, 5) is 50.5. The van der Waals surface area contributed by atoms with E-state index < -0.39 is 11.9 Å². The molecule has 9 aromatic carbocycles. The Balaban J connectivity index is 0.895. The number of methoxy groups -OCH3 is 1. The number of carboxylic acid groups (broad SMARTS) is 2. The molecular formula is C67H56N8O5S2. The predicted molar refractivity (Wildman–Crippen MR) is 330 cm³/mol. The van der Waals surface area contributed by atoms with Gasteiger partial charge in [0.1, 0.15) is 17.4 Å². The van der Waals surface area contributed by atoms with Crippen molar-refractivity contribution in [1.29, 1.82) is 0 Å². The monoisotopic (exact) mass is 1120 g/mol. The summed E-state index contributed by atoms with van der Waals surface area (Å²) < 4.78 is 5.51. The van der Waals surface area contributed by atoms with E-state index in [1.165, 1.54) is 23.5 Å². The molecule has 0 bridgehead atoms. The van der Waals surface area contributed by atoms with E-state index in [1.807, 2.05) is 176 Å². The zero-order valence-corrected chi connectivity index (χ0v) is 46.7. The number of fused-ring (bicyclic) bond motifs is 2. The smallest absolute Gasteiger partial charge is 0.336 e. The van der Waals surface area contributed by atoms with Crippen molar-refractivity contribution in [2.24, 2.45) is 0 Å². The molecule has 13 nitrogen and oxygen atoms in total. The average molecular weight is 1120 g/mol. The lowest BCUT2D eigenvalue weighted by atomic mass is 10.0. The standard InChI is InChI=1S/C67H56N8O5S2/c1-42(2)50-21-9-12-24-55(50)70-62-54-37-44(30-36-57(54)72-66(73-62)68-39-46-19-7-14-26-58(46)81-60-28-16-11-23-52(60)64(76)77)45-29-35-53(65(78)79)61(38-45)82-59-27-15-8-20-47(59)40-69-67-71-56-25-13-10-22-51(56)63(74-67)75(41-43-17-5-4-6-18-43)48-31-33-49(80-3)34-32-48/h4-38,42H,39-41H2,1-3H3,(H,76,77)(H,78,79)(H,69,71,74)(H2,68,70,72,73). The summed E-state index contributed by atoms with van der Waals surface area (Å²) in [7, 11) is 1.66. The minimum Gasteiger partial charge on any atom is -0.497 e. The third-order valence-electron chi connectivity index (χ3n) is 13.9. The summed E-state index contributed by atoms with van der Waals surface area (Å²) in [5, 5.41) is 32.8. The number of carbonyl (C=O) groups is 2. The van der Waals surface area contributed by atoms with Crippen LogP contribution in [0, 0.1) is 0 Å². The van der Waals surface area contributed by atoms with Gasteiger partial charge in [-0.2, -0.15) is 9.97 Å². The molecule has 0 radical (unpaired) electrons. The largest absolute Gasteiger partial charge is 0.497 e. The molecule has 0 saturated carbocycles. The number of para-hydroxylation sites is 2. The molecule has 11 aromatic rings. The molecule has 406 valence electrons. The van der Waals surface area contributed by atoms with Crippen molar-refractivity contribution in [1.82, 2.24) is 19.9 Å². The van der Waals surface area contributed by atoms with Crippen molar-refractivity contribution in [2.75, 3.05) is 28.0 Å². The van der Waals surface area contributed by atoms with Gasteiger partial charge in [0.2, 0.25) is 11.9 Å². The number of aromatic nitrogens is 4. The van der Waals surface area contributed by atoms with Crippen LogP contribution in [0.25, 0.3) is 32.9 Å². The van der Waals surface area contributed by atoms with Gasteiger partial charge in [-0.25, -0.2) is 19.6 Å². The van der Waals surface area contributed by atoms with Gasteiger partial charge >= 0.3 is 11.9 Å². The zero-order chi connectivity index (χ0) is 56.5. The first kappa shape index (κ1) is 54.3. The van der Waals surface area contributed by atoms with Crippen LogP contribution in [0.4, 0.5) is 34.9 Å². The lowest BCUT2D eigenvalue weighted by molar-refractivity contribution is 0.0682. The molecule has 0 aliphatic heterocycles. The van der Waals surface area contributed by atoms with Crippen LogP contribution in [0.15, 0.2) is 232 Å². The molecule has 0 saturated heterocycles. The molecule has 0 atom stereocenters.